The maximum absolute atomic E-state index is 14.5. The van der Waals surface area contributed by atoms with E-state index in [9.17, 15) is 4.79 Å². The molecule has 4 heterocycles. The SMILES string of the molecule is CC1(C)Oc2cc3c(c(C(=O)c4c5c(c(S)c6c4OC(C)(C)O6)OC(C)(C)O5)c2O1)OC(C)(C)O3. The molecule has 0 unspecified atom stereocenters. The van der Waals surface area contributed by atoms with Crippen LogP contribution in [0.25, 0.3) is 0 Å². The van der Waals surface area contributed by atoms with Crippen molar-refractivity contribution < 1.29 is 42.7 Å². The van der Waals surface area contributed by atoms with Crippen molar-refractivity contribution in [2.75, 3.05) is 0 Å². The molecule has 6 rings (SSSR count). The Morgan fingerprint density at radius 1 is 0.543 bits per heavy atom. The molecule has 10 heteroatoms. The minimum atomic E-state index is -1.04. The Morgan fingerprint density at radius 3 is 1.29 bits per heavy atom. The van der Waals surface area contributed by atoms with E-state index in [4.69, 9.17) is 37.9 Å². The molecule has 0 saturated carbocycles. The van der Waals surface area contributed by atoms with Gasteiger partial charge >= 0.3 is 0 Å². The van der Waals surface area contributed by atoms with Crippen LogP contribution in [0.5, 0.6) is 46.0 Å². The number of fused-ring (bicyclic) bond motifs is 4. The first-order chi connectivity index (χ1) is 16.1. The van der Waals surface area contributed by atoms with Gasteiger partial charge in [-0.15, -0.1) is 12.6 Å². The number of hydrogen-bond acceptors (Lipinski definition) is 10. The molecule has 2 aromatic carbocycles. The second-order valence-corrected chi connectivity index (χ2v) is 11.1. The number of hydrogen-bond donors (Lipinski definition) is 1. The first kappa shape index (κ1) is 22.3. The maximum Gasteiger partial charge on any atom is 0.246 e. The van der Waals surface area contributed by atoms with Gasteiger partial charge in [0.2, 0.25) is 28.9 Å². The van der Waals surface area contributed by atoms with Crippen LogP contribution in [0.3, 0.4) is 0 Å². The first-order valence-corrected chi connectivity index (χ1v) is 11.7. The van der Waals surface area contributed by atoms with Crippen LogP contribution < -0.4 is 37.9 Å². The second kappa shape index (κ2) is 6.34. The Hall–Kier alpha value is -3.14. The summed E-state index contributed by atoms with van der Waals surface area (Å²) in [6.45, 7) is 14.0. The average molecular weight is 503 g/mol. The smallest absolute Gasteiger partial charge is 0.246 e. The van der Waals surface area contributed by atoms with Crippen LogP contribution >= 0.6 is 12.6 Å². The largest absolute Gasteiger partial charge is 0.449 e. The van der Waals surface area contributed by atoms with Crippen LogP contribution in [-0.2, 0) is 0 Å². The van der Waals surface area contributed by atoms with Crippen molar-refractivity contribution in [2.24, 2.45) is 0 Å². The summed E-state index contributed by atoms with van der Waals surface area (Å²) in [4.78, 5) is 14.9. The van der Waals surface area contributed by atoms with Crippen LogP contribution in [0.15, 0.2) is 11.0 Å². The van der Waals surface area contributed by atoms with Gasteiger partial charge in [0.15, 0.2) is 46.0 Å². The molecule has 0 bridgehead atoms. The lowest BCUT2D eigenvalue weighted by Crippen LogP contribution is -2.31. The van der Waals surface area contributed by atoms with Gasteiger partial charge in [0, 0.05) is 61.5 Å². The molecule has 0 amide bonds. The molecule has 0 fully saturated rings. The van der Waals surface area contributed by atoms with Gasteiger partial charge in [0.25, 0.3) is 0 Å². The van der Waals surface area contributed by atoms with Crippen LogP contribution in [-0.4, -0.2) is 28.9 Å². The fourth-order valence-electron chi connectivity index (χ4n) is 4.61. The van der Waals surface area contributed by atoms with E-state index < -0.39 is 28.9 Å². The van der Waals surface area contributed by atoms with Gasteiger partial charge in [0.1, 0.15) is 11.1 Å². The molecule has 35 heavy (non-hydrogen) atoms. The van der Waals surface area contributed by atoms with Crippen molar-refractivity contribution in [1.82, 2.24) is 0 Å². The summed E-state index contributed by atoms with van der Waals surface area (Å²) in [6.07, 6.45) is 0. The summed E-state index contributed by atoms with van der Waals surface area (Å²) in [6, 6.07) is 1.67. The highest BCUT2D eigenvalue weighted by molar-refractivity contribution is 7.80. The van der Waals surface area contributed by atoms with Crippen molar-refractivity contribution >= 4 is 18.4 Å². The van der Waals surface area contributed by atoms with E-state index in [-0.39, 0.29) is 34.1 Å². The fraction of sp³-hybridized carbons (Fsp3) is 0.480. The monoisotopic (exact) mass is 502 g/mol. The highest BCUT2D eigenvalue weighted by Gasteiger charge is 2.49. The highest BCUT2D eigenvalue weighted by Crippen LogP contribution is 2.61. The van der Waals surface area contributed by atoms with Crippen LogP contribution in [0, 0.1) is 0 Å². The molecule has 0 atom stereocenters. The van der Waals surface area contributed by atoms with Crippen molar-refractivity contribution in [1.29, 1.82) is 0 Å². The molecule has 0 saturated heterocycles. The third-order valence-corrected chi connectivity index (χ3v) is 6.12. The van der Waals surface area contributed by atoms with Crippen molar-refractivity contribution in [2.45, 2.75) is 83.4 Å². The molecule has 0 N–H and O–H groups in total. The van der Waals surface area contributed by atoms with E-state index in [0.717, 1.165) is 0 Å². The van der Waals surface area contributed by atoms with E-state index in [2.05, 4.69) is 12.6 Å². The van der Waals surface area contributed by atoms with E-state index >= 15 is 0 Å². The number of ketones is 1. The number of ether oxygens (including phenoxy) is 8. The molecule has 4 aliphatic rings. The Labute approximate surface area is 207 Å². The summed E-state index contributed by atoms with van der Waals surface area (Å²) < 4.78 is 48.2. The van der Waals surface area contributed by atoms with E-state index in [1.54, 1.807) is 61.5 Å². The minimum absolute atomic E-state index is 0.112. The predicted octanol–water partition coefficient (Wildman–Crippen LogP) is 5.24. The zero-order valence-electron chi connectivity index (χ0n) is 20.7. The number of thiol groups is 1. The quantitative estimate of drug-likeness (QED) is 0.438. The zero-order chi connectivity index (χ0) is 25.3. The lowest BCUT2D eigenvalue weighted by atomic mass is 9.98. The van der Waals surface area contributed by atoms with Crippen LogP contribution in [0.4, 0.5) is 0 Å². The summed E-state index contributed by atoms with van der Waals surface area (Å²) in [5, 5.41) is 0. The molecule has 0 radical (unpaired) electrons. The Balaban J connectivity index is 1.62. The molecule has 186 valence electrons. The van der Waals surface area contributed by atoms with Crippen LogP contribution in [0.2, 0.25) is 0 Å². The number of carbonyl (C=O) groups is 1. The van der Waals surface area contributed by atoms with Crippen molar-refractivity contribution in [3.8, 4) is 46.0 Å². The molecule has 0 spiro atoms. The normalized spacial score (nSPS) is 21.9. The van der Waals surface area contributed by atoms with Gasteiger partial charge < -0.3 is 37.9 Å². The molecule has 2 aromatic rings. The number of carbonyl (C=O) groups excluding carboxylic acids is 1. The van der Waals surface area contributed by atoms with Gasteiger partial charge in [-0.1, -0.05) is 0 Å². The standard InChI is InChI=1S/C25H26O9S/c1-22(2)27-10-9-11-16(30-23(3,4)28-11)12(15(10)29-22)14(26)13-17-19(33-24(5,6)31-17)21(35)20-18(13)32-25(7,8)34-20/h9,35H,1-8H3. The number of benzene rings is 2. The third-order valence-electron chi connectivity index (χ3n) is 5.71. The fourth-order valence-corrected chi connectivity index (χ4v) is 4.91. The topological polar surface area (TPSA) is 90.9 Å². The van der Waals surface area contributed by atoms with Gasteiger partial charge in [-0.25, -0.2) is 0 Å². The Morgan fingerprint density at radius 2 is 0.857 bits per heavy atom. The lowest BCUT2D eigenvalue weighted by molar-refractivity contribution is -0.0505. The molecule has 0 aromatic heterocycles. The molecule has 9 nitrogen and oxygen atoms in total. The Kier molecular flexibility index (Phi) is 4.05. The summed E-state index contributed by atoms with van der Waals surface area (Å²) >= 11 is 4.61. The van der Waals surface area contributed by atoms with Crippen LogP contribution in [0.1, 0.15) is 71.3 Å². The van der Waals surface area contributed by atoms with Gasteiger partial charge in [-0.2, -0.15) is 0 Å². The summed E-state index contributed by atoms with van der Waals surface area (Å²) in [5.74, 6) is -2.34. The van der Waals surface area contributed by atoms with Gasteiger partial charge in [0.05, 0.1) is 4.90 Å². The van der Waals surface area contributed by atoms with Crippen molar-refractivity contribution in [3.63, 3.8) is 0 Å². The molecule has 4 aliphatic heterocycles. The average Bonchev–Trinajstić information content (AvgIpc) is 3.37. The summed E-state index contributed by atoms with van der Waals surface area (Å²) in [7, 11) is 0. The second-order valence-electron chi connectivity index (χ2n) is 10.7. The lowest BCUT2D eigenvalue weighted by Gasteiger charge is -2.19. The Bertz CT molecular complexity index is 1250. The van der Waals surface area contributed by atoms with Crippen molar-refractivity contribution in [3.05, 3.63) is 17.2 Å². The molecule has 0 aliphatic carbocycles. The van der Waals surface area contributed by atoms with Gasteiger partial charge in [-0.3, -0.25) is 4.79 Å². The zero-order valence-corrected chi connectivity index (χ0v) is 21.6. The summed E-state index contributed by atoms with van der Waals surface area (Å²) in [5.41, 5.74) is 0.243. The number of rotatable bonds is 2. The minimum Gasteiger partial charge on any atom is -0.449 e. The third kappa shape index (κ3) is 3.26. The van der Waals surface area contributed by atoms with E-state index in [0.29, 0.717) is 27.9 Å². The predicted molar refractivity (Wildman–Crippen MR) is 125 cm³/mol. The molecular weight excluding hydrogens is 476 g/mol. The van der Waals surface area contributed by atoms with E-state index in [1.807, 2.05) is 0 Å². The van der Waals surface area contributed by atoms with E-state index in [1.165, 1.54) is 0 Å². The molecular formula is C25H26O9S. The highest BCUT2D eigenvalue weighted by atomic mass is 32.1. The maximum atomic E-state index is 14.5. The first-order valence-electron chi connectivity index (χ1n) is 11.3. The van der Waals surface area contributed by atoms with Gasteiger partial charge in [-0.05, 0) is 0 Å².